The summed E-state index contributed by atoms with van der Waals surface area (Å²) in [5.74, 6) is -0.506. The Labute approximate surface area is 187 Å². The number of hydrogen-bond acceptors (Lipinski definition) is 6. The van der Waals surface area contributed by atoms with E-state index < -0.39 is 11.9 Å². The van der Waals surface area contributed by atoms with Crippen LogP contribution in [0.2, 0.25) is 10.0 Å². The van der Waals surface area contributed by atoms with Crippen molar-refractivity contribution in [1.29, 1.82) is 0 Å². The van der Waals surface area contributed by atoms with Crippen molar-refractivity contribution >= 4 is 41.3 Å². The molecule has 7 nitrogen and oxygen atoms in total. The number of benzene rings is 3. The molecule has 0 aliphatic rings. The molecule has 0 aliphatic carbocycles. The average Bonchev–Trinajstić information content (AvgIpc) is 2.76. The highest BCUT2D eigenvalue weighted by molar-refractivity contribution is 6.42. The first-order valence-electron chi connectivity index (χ1n) is 8.85. The average molecular weight is 459 g/mol. The fourth-order valence-electron chi connectivity index (χ4n) is 2.47. The smallest absolute Gasteiger partial charge is 0.343 e. The van der Waals surface area contributed by atoms with E-state index in [-0.39, 0.29) is 22.1 Å². The zero-order chi connectivity index (χ0) is 22.4. The molecule has 3 aromatic carbocycles. The Bertz CT molecular complexity index is 1150. The zero-order valence-electron chi connectivity index (χ0n) is 16.1. The van der Waals surface area contributed by atoms with E-state index in [1.165, 1.54) is 61.9 Å². The maximum absolute atomic E-state index is 12.4. The number of rotatable bonds is 6. The van der Waals surface area contributed by atoms with E-state index in [0.717, 1.165) is 0 Å². The van der Waals surface area contributed by atoms with E-state index in [9.17, 15) is 14.7 Å². The van der Waals surface area contributed by atoms with Gasteiger partial charge in [0, 0.05) is 5.56 Å². The third-order valence-corrected chi connectivity index (χ3v) is 4.79. The standard InChI is InChI=1S/C22H16Cl2N2O5/c1-30-20-10-13(12-25-26-21(28)14-3-6-16(27)7-4-14)2-9-19(20)31-22(29)15-5-8-17(23)18(24)11-15/h2-12,27H,1H3,(H,26,28). The summed E-state index contributed by atoms with van der Waals surface area (Å²) in [5, 5.41) is 13.7. The predicted molar refractivity (Wildman–Crippen MR) is 118 cm³/mol. The van der Waals surface area contributed by atoms with E-state index in [2.05, 4.69) is 10.5 Å². The lowest BCUT2D eigenvalue weighted by molar-refractivity contribution is 0.0729. The number of ether oxygens (including phenoxy) is 2. The number of carbonyl (C=O) groups excluding carboxylic acids is 2. The van der Waals surface area contributed by atoms with Crippen molar-refractivity contribution in [3.63, 3.8) is 0 Å². The molecule has 9 heteroatoms. The van der Waals surface area contributed by atoms with E-state index in [1.54, 1.807) is 12.1 Å². The third-order valence-electron chi connectivity index (χ3n) is 4.05. The SMILES string of the molecule is COc1cc(C=NNC(=O)c2ccc(O)cc2)ccc1OC(=O)c1ccc(Cl)c(Cl)c1. The van der Waals surface area contributed by atoms with Gasteiger partial charge in [-0.25, -0.2) is 10.2 Å². The number of methoxy groups -OCH3 is 1. The summed E-state index contributed by atoms with van der Waals surface area (Å²) < 4.78 is 10.7. The molecule has 0 atom stereocenters. The van der Waals surface area contributed by atoms with Crippen LogP contribution in [-0.4, -0.2) is 30.3 Å². The summed E-state index contributed by atoms with van der Waals surface area (Å²) in [6, 6.07) is 14.9. The van der Waals surface area contributed by atoms with Gasteiger partial charge in [-0.3, -0.25) is 4.79 Å². The minimum Gasteiger partial charge on any atom is -0.508 e. The molecule has 0 heterocycles. The largest absolute Gasteiger partial charge is 0.508 e. The van der Waals surface area contributed by atoms with Crippen LogP contribution < -0.4 is 14.9 Å². The summed E-state index contributed by atoms with van der Waals surface area (Å²) in [5.41, 5.74) is 3.56. The molecule has 3 aromatic rings. The van der Waals surface area contributed by atoms with E-state index in [0.29, 0.717) is 21.9 Å². The lowest BCUT2D eigenvalue weighted by Crippen LogP contribution is -2.17. The van der Waals surface area contributed by atoms with Crippen LogP contribution in [0.3, 0.4) is 0 Å². The number of phenolic OH excluding ortho intramolecular Hbond substituents is 1. The van der Waals surface area contributed by atoms with Crippen molar-refractivity contribution in [3.05, 3.63) is 87.4 Å². The number of carbonyl (C=O) groups is 2. The Balaban J connectivity index is 1.68. The molecule has 0 saturated carbocycles. The molecule has 1 amide bonds. The van der Waals surface area contributed by atoms with Gasteiger partial charge in [-0.05, 0) is 66.2 Å². The molecule has 0 bridgehead atoms. The van der Waals surface area contributed by atoms with Crippen molar-refractivity contribution in [2.24, 2.45) is 5.10 Å². The van der Waals surface area contributed by atoms with Crippen LogP contribution in [0, 0.1) is 0 Å². The molecule has 0 saturated heterocycles. The van der Waals surface area contributed by atoms with Gasteiger partial charge in [0.1, 0.15) is 5.75 Å². The first kappa shape index (κ1) is 22.1. The van der Waals surface area contributed by atoms with Crippen molar-refractivity contribution in [2.75, 3.05) is 7.11 Å². The highest BCUT2D eigenvalue weighted by atomic mass is 35.5. The van der Waals surface area contributed by atoms with Gasteiger partial charge in [0.2, 0.25) is 0 Å². The molecule has 0 aromatic heterocycles. The molecule has 0 fully saturated rings. The number of nitrogens with one attached hydrogen (secondary N) is 1. The van der Waals surface area contributed by atoms with Gasteiger partial charge >= 0.3 is 5.97 Å². The number of amides is 1. The van der Waals surface area contributed by atoms with Crippen LogP contribution in [0.5, 0.6) is 17.2 Å². The third kappa shape index (κ3) is 5.75. The number of esters is 1. The predicted octanol–water partition coefficient (Wildman–Crippen LogP) is 4.69. The number of aromatic hydroxyl groups is 1. The summed E-state index contributed by atoms with van der Waals surface area (Å²) in [6.07, 6.45) is 1.41. The molecule has 3 rings (SSSR count). The molecule has 0 aliphatic heterocycles. The second-order valence-corrected chi connectivity index (χ2v) is 6.99. The fourth-order valence-corrected chi connectivity index (χ4v) is 2.77. The van der Waals surface area contributed by atoms with Gasteiger partial charge < -0.3 is 14.6 Å². The van der Waals surface area contributed by atoms with Crippen molar-refractivity contribution < 1.29 is 24.2 Å². The lowest BCUT2D eigenvalue weighted by Gasteiger charge is -2.10. The highest BCUT2D eigenvalue weighted by Crippen LogP contribution is 2.29. The maximum atomic E-state index is 12.4. The number of hydrazone groups is 1. The van der Waals surface area contributed by atoms with E-state index in [1.807, 2.05) is 0 Å². The minimum absolute atomic E-state index is 0.0621. The maximum Gasteiger partial charge on any atom is 0.343 e. The van der Waals surface area contributed by atoms with Gasteiger partial charge in [0.05, 0.1) is 28.9 Å². The van der Waals surface area contributed by atoms with E-state index >= 15 is 0 Å². The molecule has 0 unspecified atom stereocenters. The molecule has 0 spiro atoms. The Morgan fingerprint density at radius 3 is 2.32 bits per heavy atom. The Kier molecular flexibility index (Phi) is 7.12. The van der Waals surface area contributed by atoms with Crippen LogP contribution in [0.1, 0.15) is 26.3 Å². The Morgan fingerprint density at radius 1 is 0.935 bits per heavy atom. The van der Waals surface area contributed by atoms with Crippen LogP contribution in [0.4, 0.5) is 0 Å². The van der Waals surface area contributed by atoms with Gasteiger partial charge in [-0.2, -0.15) is 5.10 Å². The first-order chi connectivity index (χ1) is 14.9. The first-order valence-corrected chi connectivity index (χ1v) is 9.60. The Hall–Kier alpha value is -3.55. The topological polar surface area (TPSA) is 97.2 Å². The molecule has 0 radical (unpaired) electrons. The summed E-state index contributed by atoms with van der Waals surface area (Å²) in [6.45, 7) is 0. The molecule has 2 N–H and O–H groups in total. The molecule has 31 heavy (non-hydrogen) atoms. The number of hydrogen-bond donors (Lipinski definition) is 2. The lowest BCUT2D eigenvalue weighted by atomic mass is 10.2. The molecular formula is C22H16Cl2N2O5. The highest BCUT2D eigenvalue weighted by Gasteiger charge is 2.14. The number of halogens is 2. The summed E-state index contributed by atoms with van der Waals surface area (Å²) in [4.78, 5) is 24.4. The van der Waals surface area contributed by atoms with Crippen LogP contribution in [-0.2, 0) is 0 Å². The second-order valence-electron chi connectivity index (χ2n) is 6.17. The number of nitrogens with zero attached hydrogens (tertiary/aromatic N) is 1. The normalized spacial score (nSPS) is 10.7. The monoisotopic (exact) mass is 458 g/mol. The van der Waals surface area contributed by atoms with Crippen LogP contribution in [0.15, 0.2) is 65.8 Å². The fraction of sp³-hybridized carbons (Fsp3) is 0.0455. The van der Waals surface area contributed by atoms with E-state index in [4.69, 9.17) is 32.7 Å². The zero-order valence-corrected chi connectivity index (χ0v) is 17.6. The minimum atomic E-state index is -0.626. The van der Waals surface area contributed by atoms with Crippen LogP contribution in [0.25, 0.3) is 0 Å². The summed E-state index contributed by atoms with van der Waals surface area (Å²) in [7, 11) is 1.43. The van der Waals surface area contributed by atoms with Crippen molar-refractivity contribution in [3.8, 4) is 17.2 Å². The van der Waals surface area contributed by atoms with Gasteiger partial charge in [0.15, 0.2) is 11.5 Å². The Morgan fingerprint density at radius 2 is 1.65 bits per heavy atom. The van der Waals surface area contributed by atoms with Crippen molar-refractivity contribution in [2.45, 2.75) is 0 Å². The van der Waals surface area contributed by atoms with Gasteiger partial charge in [-0.15, -0.1) is 0 Å². The number of phenols is 1. The molecule has 158 valence electrons. The summed E-state index contributed by atoms with van der Waals surface area (Å²) >= 11 is 11.8. The van der Waals surface area contributed by atoms with Gasteiger partial charge in [-0.1, -0.05) is 23.2 Å². The molecular weight excluding hydrogens is 443 g/mol. The second kappa shape index (κ2) is 9.97. The van der Waals surface area contributed by atoms with Crippen molar-refractivity contribution in [1.82, 2.24) is 5.43 Å². The quantitative estimate of drug-likeness (QED) is 0.241. The van der Waals surface area contributed by atoms with Gasteiger partial charge in [0.25, 0.3) is 5.91 Å². The van der Waals surface area contributed by atoms with Crippen LogP contribution >= 0.6 is 23.2 Å².